The van der Waals surface area contributed by atoms with Gasteiger partial charge in [-0.3, -0.25) is 0 Å². The van der Waals surface area contributed by atoms with Gasteiger partial charge in [-0.2, -0.15) is 0 Å². The van der Waals surface area contributed by atoms with E-state index < -0.39 is 6.29 Å². The average molecular weight is 246 g/mol. The molecule has 0 rings (SSSR count). The van der Waals surface area contributed by atoms with Gasteiger partial charge in [-0.05, 0) is 26.2 Å². The Labute approximate surface area is 107 Å². The Kier molecular flexibility index (Phi) is 9.79. The van der Waals surface area contributed by atoms with Gasteiger partial charge in [0.1, 0.15) is 6.54 Å². The number of nitrogens with zero attached hydrogens (tertiary/aromatic N) is 1. The third kappa shape index (κ3) is 7.02. The van der Waals surface area contributed by atoms with E-state index in [1.807, 2.05) is 6.92 Å². The number of unbranched alkanes of at least 4 members (excludes halogenated alkanes) is 1. The second-order valence-electron chi connectivity index (χ2n) is 4.92. The van der Waals surface area contributed by atoms with Crippen molar-refractivity contribution in [2.45, 2.75) is 59.7 Å². The summed E-state index contributed by atoms with van der Waals surface area (Å²) in [5, 5.41) is 9.40. The molecule has 0 saturated carbocycles. The lowest BCUT2D eigenvalue weighted by Crippen LogP contribution is -2.51. The number of likely N-dealkylation sites (N-methyl/N-ethyl adjacent to an activating group) is 1. The number of quaternary nitrogens is 1. The van der Waals surface area contributed by atoms with E-state index in [0.717, 1.165) is 11.0 Å². The van der Waals surface area contributed by atoms with E-state index in [1.165, 1.54) is 38.9 Å². The lowest BCUT2D eigenvalue weighted by Gasteiger charge is -2.38. The molecule has 0 aliphatic heterocycles. The van der Waals surface area contributed by atoms with Crippen LogP contribution in [0.4, 0.5) is 0 Å². The molecule has 0 aromatic rings. The molecule has 0 aliphatic rings. The molecule has 0 amide bonds. The SMILES string of the molecule is CCCC[N+](CC)(CCC)CCO[C@@H](O)CC. The summed E-state index contributed by atoms with van der Waals surface area (Å²) in [7, 11) is 0. The molecule has 3 nitrogen and oxygen atoms in total. The highest BCUT2D eigenvalue weighted by molar-refractivity contribution is 4.45. The summed E-state index contributed by atoms with van der Waals surface area (Å²) in [5.74, 6) is 0. The van der Waals surface area contributed by atoms with Crippen LogP contribution in [0.15, 0.2) is 0 Å². The third-order valence-electron chi connectivity index (χ3n) is 3.58. The minimum atomic E-state index is -0.582. The van der Waals surface area contributed by atoms with Crippen molar-refractivity contribution in [3.05, 3.63) is 0 Å². The van der Waals surface area contributed by atoms with E-state index in [4.69, 9.17) is 4.74 Å². The van der Waals surface area contributed by atoms with Crippen molar-refractivity contribution in [3.8, 4) is 0 Å². The van der Waals surface area contributed by atoms with Crippen molar-refractivity contribution in [2.24, 2.45) is 0 Å². The number of ether oxygens (including phenoxy) is 1. The Hall–Kier alpha value is -0.120. The number of hydrogen-bond donors (Lipinski definition) is 1. The first-order valence-corrected chi connectivity index (χ1v) is 7.28. The van der Waals surface area contributed by atoms with Gasteiger partial charge in [-0.15, -0.1) is 0 Å². The average Bonchev–Trinajstić information content (AvgIpc) is 2.35. The van der Waals surface area contributed by atoms with Crippen molar-refractivity contribution in [3.63, 3.8) is 0 Å². The normalized spacial score (nSPS) is 16.8. The van der Waals surface area contributed by atoms with Gasteiger partial charge in [0, 0.05) is 0 Å². The summed E-state index contributed by atoms with van der Waals surface area (Å²) < 4.78 is 6.55. The Morgan fingerprint density at radius 3 is 2.18 bits per heavy atom. The Morgan fingerprint density at radius 1 is 1.00 bits per heavy atom. The molecule has 0 aromatic heterocycles. The monoisotopic (exact) mass is 246 g/mol. The van der Waals surface area contributed by atoms with Crippen LogP contribution in [0.2, 0.25) is 0 Å². The number of aliphatic hydroxyl groups is 1. The van der Waals surface area contributed by atoms with Gasteiger partial charge in [-0.1, -0.05) is 27.2 Å². The highest BCUT2D eigenvalue weighted by atomic mass is 16.6. The summed E-state index contributed by atoms with van der Waals surface area (Å²) in [6, 6.07) is 0. The summed E-state index contributed by atoms with van der Waals surface area (Å²) in [6.45, 7) is 14.0. The molecule has 17 heavy (non-hydrogen) atoms. The van der Waals surface area contributed by atoms with Crippen molar-refractivity contribution >= 4 is 0 Å². The van der Waals surface area contributed by atoms with Crippen LogP contribution >= 0.6 is 0 Å². The Balaban J connectivity index is 4.15. The molecule has 1 unspecified atom stereocenters. The standard InChI is InChI=1S/C14H32NO2/c1-5-9-11-15(8-4,10-6-2)12-13-17-14(16)7-3/h14,16H,5-13H2,1-4H3/q+1/t14-,15?/m1/s1. The molecular formula is C14H32NO2+. The lowest BCUT2D eigenvalue weighted by atomic mass is 10.2. The maximum atomic E-state index is 9.40. The lowest BCUT2D eigenvalue weighted by molar-refractivity contribution is -0.927. The molecule has 0 heterocycles. The van der Waals surface area contributed by atoms with Gasteiger partial charge in [0.2, 0.25) is 0 Å². The zero-order chi connectivity index (χ0) is 13.1. The third-order valence-corrected chi connectivity index (χ3v) is 3.58. The van der Waals surface area contributed by atoms with Crippen LogP contribution in [0.5, 0.6) is 0 Å². The quantitative estimate of drug-likeness (QED) is 0.449. The minimum absolute atomic E-state index is 0.582. The van der Waals surface area contributed by atoms with E-state index in [1.54, 1.807) is 0 Å². The van der Waals surface area contributed by atoms with E-state index in [0.29, 0.717) is 13.0 Å². The number of rotatable bonds is 11. The molecular weight excluding hydrogens is 214 g/mol. The van der Waals surface area contributed by atoms with Crippen molar-refractivity contribution in [1.82, 2.24) is 0 Å². The second-order valence-corrected chi connectivity index (χ2v) is 4.92. The molecule has 3 heteroatoms. The fourth-order valence-corrected chi connectivity index (χ4v) is 2.28. The van der Waals surface area contributed by atoms with E-state index in [2.05, 4.69) is 20.8 Å². The molecule has 2 atom stereocenters. The summed E-state index contributed by atoms with van der Waals surface area (Å²) >= 11 is 0. The van der Waals surface area contributed by atoms with Gasteiger partial charge in [0.05, 0.1) is 26.2 Å². The fourth-order valence-electron chi connectivity index (χ4n) is 2.28. The van der Waals surface area contributed by atoms with Crippen LogP contribution in [0.3, 0.4) is 0 Å². The van der Waals surface area contributed by atoms with Gasteiger partial charge < -0.3 is 14.3 Å². The van der Waals surface area contributed by atoms with Gasteiger partial charge in [0.15, 0.2) is 6.29 Å². The van der Waals surface area contributed by atoms with Crippen LogP contribution in [0.1, 0.15) is 53.4 Å². The van der Waals surface area contributed by atoms with Gasteiger partial charge >= 0.3 is 0 Å². The van der Waals surface area contributed by atoms with E-state index >= 15 is 0 Å². The van der Waals surface area contributed by atoms with Gasteiger partial charge in [-0.25, -0.2) is 0 Å². The predicted octanol–water partition coefficient (Wildman–Crippen LogP) is 2.78. The van der Waals surface area contributed by atoms with Crippen LogP contribution in [-0.2, 0) is 4.74 Å². The van der Waals surface area contributed by atoms with Crippen molar-refractivity contribution < 1.29 is 14.3 Å². The van der Waals surface area contributed by atoms with Crippen molar-refractivity contribution in [2.75, 3.05) is 32.8 Å². The molecule has 0 radical (unpaired) electrons. The molecule has 0 aromatic carbocycles. The number of hydrogen-bond acceptors (Lipinski definition) is 2. The maximum Gasteiger partial charge on any atom is 0.154 e. The van der Waals surface area contributed by atoms with Crippen LogP contribution in [0.25, 0.3) is 0 Å². The first-order chi connectivity index (χ1) is 8.14. The number of aliphatic hydroxyl groups excluding tert-OH is 1. The van der Waals surface area contributed by atoms with Gasteiger partial charge in [0.25, 0.3) is 0 Å². The van der Waals surface area contributed by atoms with Crippen molar-refractivity contribution in [1.29, 1.82) is 0 Å². The van der Waals surface area contributed by atoms with E-state index in [9.17, 15) is 5.11 Å². The second kappa shape index (κ2) is 9.86. The Bertz CT molecular complexity index is 176. The topological polar surface area (TPSA) is 29.5 Å². The van der Waals surface area contributed by atoms with Crippen LogP contribution < -0.4 is 0 Å². The molecule has 0 spiro atoms. The molecule has 0 saturated heterocycles. The predicted molar refractivity (Wildman–Crippen MR) is 72.9 cm³/mol. The fraction of sp³-hybridized carbons (Fsp3) is 1.00. The first kappa shape index (κ1) is 16.9. The van der Waals surface area contributed by atoms with Crippen LogP contribution in [-0.4, -0.2) is 48.7 Å². The first-order valence-electron chi connectivity index (χ1n) is 7.28. The zero-order valence-corrected chi connectivity index (χ0v) is 12.2. The summed E-state index contributed by atoms with van der Waals surface area (Å²) in [4.78, 5) is 0. The molecule has 104 valence electrons. The summed E-state index contributed by atoms with van der Waals surface area (Å²) in [6.07, 6.45) is 3.84. The maximum absolute atomic E-state index is 9.40. The highest BCUT2D eigenvalue weighted by Gasteiger charge is 2.23. The summed E-state index contributed by atoms with van der Waals surface area (Å²) in [5.41, 5.74) is 0. The van der Waals surface area contributed by atoms with Crippen LogP contribution in [0, 0.1) is 0 Å². The van der Waals surface area contributed by atoms with E-state index in [-0.39, 0.29) is 0 Å². The molecule has 0 bridgehead atoms. The Morgan fingerprint density at radius 2 is 1.71 bits per heavy atom. The minimum Gasteiger partial charge on any atom is -0.368 e. The molecule has 0 fully saturated rings. The smallest absolute Gasteiger partial charge is 0.154 e. The largest absolute Gasteiger partial charge is 0.368 e. The highest BCUT2D eigenvalue weighted by Crippen LogP contribution is 2.11. The molecule has 0 aliphatic carbocycles. The zero-order valence-electron chi connectivity index (χ0n) is 12.2. The molecule has 1 N–H and O–H groups in total.